The Hall–Kier alpha value is -1.62. The first-order valence-corrected chi connectivity index (χ1v) is 6.33. The lowest BCUT2D eigenvalue weighted by atomic mass is 9.86. The third-order valence-corrected chi connectivity index (χ3v) is 3.46. The fourth-order valence-electron chi connectivity index (χ4n) is 2.50. The van der Waals surface area contributed by atoms with E-state index in [1.165, 1.54) is 0 Å². The first-order chi connectivity index (χ1) is 8.70. The molecule has 0 bridgehead atoms. The second kappa shape index (κ2) is 5.82. The van der Waals surface area contributed by atoms with Gasteiger partial charge in [0.05, 0.1) is 5.56 Å². The van der Waals surface area contributed by atoms with Crippen molar-refractivity contribution in [2.24, 2.45) is 11.7 Å². The minimum atomic E-state index is -0.472. The lowest BCUT2D eigenvalue weighted by Crippen LogP contribution is -2.30. The molecule has 0 radical (unpaired) electrons. The van der Waals surface area contributed by atoms with Gasteiger partial charge in [0.2, 0.25) is 0 Å². The van der Waals surface area contributed by atoms with E-state index in [9.17, 15) is 9.90 Å². The zero-order valence-electron chi connectivity index (χ0n) is 10.3. The van der Waals surface area contributed by atoms with Gasteiger partial charge in [-0.2, -0.15) is 0 Å². The Morgan fingerprint density at radius 1 is 1.56 bits per heavy atom. The number of aromatic nitrogens is 1. The molecule has 1 aliphatic rings. The van der Waals surface area contributed by atoms with Crippen LogP contribution < -0.4 is 11.1 Å². The third-order valence-electron chi connectivity index (χ3n) is 3.46. The van der Waals surface area contributed by atoms with Gasteiger partial charge in [0.15, 0.2) is 0 Å². The smallest absolute Gasteiger partial charge is 0.252 e. The topological polar surface area (TPSA) is 88.2 Å². The number of hydrogen-bond donors (Lipinski definition) is 3. The van der Waals surface area contributed by atoms with E-state index in [4.69, 9.17) is 5.73 Å². The fraction of sp³-hybridized carbons (Fsp3) is 0.538. The first kappa shape index (κ1) is 12.8. The molecule has 2 rings (SSSR count). The molecule has 18 heavy (non-hydrogen) atoms. The number of amides is 1. The Balaban J connectivity index is 2.07. The molecular weight excluding hydrogens is 230 g/mol. The van der Waals surface area contributed by atoms with Crippen molar-refractivity contribution in [2.75, 3.05) is 11.9 Å². The summed E-state index contributed by atoms with van der Waals surface area (Å²) in [6, 6.07) is 3.62. The van der Waals surface area contributed by atoms with Crippen molar-refractivity contribution in [3.05, 3.63) is 23.9 Å². The van der Waals surface area contributed by atoms with Crippen LogP contribution in [0.5, 0.6) is 0 Å². The van der Waals surface area contributed by atoms with E-state index in [1.54, 1.807) is 18.3 Å². The maximum absolute atomic E-state index is 11.3. The molecule has 1 amide bonds. The van der Waals surface area contributed by atoms with Crippen molar-refractivity contribution in [3.63, 3.8) is 0 Å². The van der Waals surface area contributed by atoms with Crippen molar-refractivity contribution < 1.29 is 9.90 Å². The van der Waals surface area contributed by atoms with Crippen LogP contribution in [0.15, 0.2) is 18.3 Å². The molecule has 1 fully saturated rings. The molecule has 1 aliphatic carbocycles. The van der Waals surface area contributed by atoms with E-state index < -0.39 is 5.91 Å². The van der Waals surface area contributed by atoms with E-state index in [0.717, 1.165) is 25.7 Å². The molecule has 4 N–H and O–H groups in total. The van der Waals surface area contributed by atoms with Gasteiger partial charge in [0.1, 0.15) is 5.82 Å². The molecule has 5 nitrogen and oxygen atoms in total. The maximum Gasteiger partial charge on any atom is 0.252 e. The summed E-state index contributed by atoms with van der Waals surface area (Å²) in [6.45, 7) is 0.225. The monoisotopic (exact) mass is 249 g/mol. The van der Waals surface area contributed by atoms with Crippen molar-refractivity contribution in [1.82, 2.24) is 4.98 Å². The molecule has 1 aromatic rings. The van der Waals surface area contributed by atoms with Gasteiger partial charge in [-0.05, 0) is 37.3 Å². The van der Waals surface area contributed by atoms with Crippen LogP contribution in [0.1, 0.15) is 36.0 Å². The standard InChI is InChI=1S/C13H19N3O2/c14-12(18)11-5-2-6-15-13(11)16-10-4-1-3-9(7-10)8-17/h2,5-6,9-10,17H,1,3-4,7-8H2,(H2,14,18)(H,15,16). The van der Waals surface area contributed by atoms with Crippen LogP contribution in [-0.2, 0) is 0 Å². The molecule has 0 aliphatic heterocycles. The lowest BCUT2D eigenvalue weighted by Gasteiger charge is -2.29. The van der Waals surface area contributed by atoms with Gasteiger partial charge in [0.25, 0.3) is 5.91 Å². The minimum absolute atomic E-state index is 0.225. The summed E-state index contributed by atoms with van der Waals surface area (Å²) in [7, 11) is 0. The van der Waals surface area contributed by atoms with Gasteiger partial charge in [-0.3, -0.25) is 4.79 Å². The minimum Gasteiger partial charge on any atom is -0.396 e. The molecule has 0 saturated heterocycles. The molecule has 1 aromatic heterocycles. The molecule has 2 unspecified atom stereocenters. The number of carbonyl (C=O) groups excluding carboxylic acids is 1. The fourth-order valence-corrected chi connectivity index (χ4v) is 2.50. The molecule has 0 spiro atoms. The number of pyridine rings is 1. The second-order valence-electron chi connectivity index (χ2n) is 4.82. The van der Waals surface area contributed by atoms with Gasteiger partial charge in [-0.1, -0.05) is 6.42 Å². The number of nitrogens with one attached hydrogen (secondary N) is 1. The molecule has 5 heteroatoms. The third kappa shape index (κ3) is 2.98. The highest BCUT2D eigenvalue weighted by molar-refractivity contribution is 5.97. The van der Waals surface area contributed by atoms with Crippen LogP contribution in [0.4, 0.5) is 5.82 Å². The maximum atomic E-state index is 11.3. The van der Waals surface area contributed by atoms with E-state index in [2.05, 4.69) is 10.3 Å². The number of nitrogens with two attached hydrogens (primary N) is 1. The second-order valence-corrected chi connectivity index (χ2v) is 4.82. The number of hydrogen-bond acceptors (Lipinski definition) is 4. The Morgan fingerprint density at radius 2 is 2.39 bits per heavy atom. The summed E-state index contributed by atoms with van der Waals surface area (Å²) in [4.78, 5) is 15.5. The largest absolute Gasteiger partial charge is 0.396 e. The number of aliphatic hydroxyl groups excluding tert-OH is 1. The summed E-state index contributed by atoms with van der Waals surface area (Å²) >= 11 is 0. The average molecular weight is 249 g/mol. The quantitative estimate of drug-likeness (QED) is 0.746. The summed E-state index contributed by atoms with van der Waals surface area (Å²) < 4.78 is 0. The number of primary amides is 1. The van der Waals surface area contributed by atoms with Gasteiger partial charge >= 0.3 is 0 Å². The van der Waals surface area contributed by atoms with Gasteiger partial charge in [-0.15, -0.1) is 0 Å². The van der Waals surface area contributed by atoms with E-state index in [1.807, 2.05) is 0 Å². The number of anilines is 1. The molecule has 1 saturated carbocycles. The zero-order chi connectivity index (χ0) is 13.0. The van der Waals surface area contributed by atoms with Crippen molar-refractivity contribution in [2.45, 2.75) is 31.7 Å². The van der Waals surface area contributed by atoms with Crippen LogP contribution in [-0.4, -0.2) is 28.6 Å². The van der Waals surface area contributed by atoms with E-state index in [-0.39, 0.29) is 12.6 Å². The molecule has 2 atom stereocenters. The molecule has 0 aromatic carbocycles. The summed E-state index contributed by atoms with van der Waals surface area (Å²) in [6.07, 6.45) is 5.74. The Bertz CT molecular complexity index is 422. The lowest BCUT2D eigenvalue weighted by molar-refractivity contribution is 0.100. The summed E-state index contributed by atoms with van der Waals surface area (Å²) in [5.41, 5.74) is 5.73. The Labute approximate surface area is 106 Å². The van der Waals surface area contributed by atoms with E-state index in [0.29, 0.717) is 17.3 Å². The first-order valence-electron chi connectivity index (χ1n) is 6.33. The van der Waals surface area contributed by atoms with Gasteiger partial charge < -0.3 is 16.2 Å². The number of rotatable bonds is 4. The van der Waals surface area contributed by atoms with Crippen LogP contribution in [0.3, 0.4) is 0 Å². The van der Waals surface area contributed by atoms with E-state index >= 15 is 0 Å². The van der Waals surface area contributed by atoms with Crippen LogP contribution in [0, 0.1) is 5.92 Å². The van der Waals surface area contributed by atoms with Crippen molar-refractivity contribution >= 4 is 11.7 Å². The molecule has 98 valence electrons. The average Bonchev–Trinajstić information content (AvgIpc) is 2.39. The zero-order valence-corrected chi connectivity index (χ0v) is 10.3. The van der Waals surface area contributed by atoms with Gasteiger partial charge in [0, 0.05) is 18.8 Å². The van der Waals surface area contributed by atoms with Crippen LogP contribution >= 0.6 is 0 Å². The van der Waals surface area contributed by atoms with Crippen LogP contribution in [0.25, 0.3) is 0 Å². The number of nitrogens with zero attached hydrogens (tertiary/aromatic N) is 1. The van der Waals surface area contributed by atoms with Crippen molar-refractivity contribution in [3.8, 4) is 0 Å². The highest BCUT2D eigenvalue weighted by atomic mass is 16.3. The summed E-state index contributed by atoms with van der Waals surface area (Å²) in [5, 5.41) is 12.5. The SMILES string of the molecule is NC(=O)c1cccnc1NC1CCCC(CO)C1. The predicted octanol–water partition coefficient (Wildman–Crippen LogP) is 1.14. The van der Waals surface area contributed by atoms with Crippen LogP contribution in [0.2, 0.25) is 0 Å². The molecule has 1 heterocycles. The highest BCUT2D eigenvalue weighted by Gasteiger charge is 2.22. The number of aliphatic hydroxyl groups is 1. The normalized spacial score (nSPS) is 23.6. The Morgan fingerprint density at radius 3 is 3.11 bits per heavy atom. The number of carbonyl (C=O) groups is 1. The van der Waals surface area contributed by atoms with Gasteiger partial charge in [-0.25, -0.2) is 4.98 Å². The summed E-state index contributed by atoms with van der Waals surface area (Å²) in [5.74, 6) is 0.422. The highest BCUT2D eigenvalue weighted by Crippen LogP contribution is 2.26. The Kier molecular flexibility index (Phi) is 4.15. The van der Waals surface area contributed by atoms with Crippen molar-refractivity contribution in [1.29, 1.82) is 0 Å². The molecular formula is C13H19N3O2. The predicted molar refractivity (Wildman–Crippen MR) is 69.2 cm³/mol.